The Morgan fingerprint density at radius 2 is 2.21 bits per heavy atom. The molecule has 98 valence electrons. The van der Waals surface area contributed by atoms with Gasteiger partial charge in [-0.2, -0.15) is 0 Å². The van der Waals surface area contributed by atoms with Crippen LogP contribution in [-0.4, -0.2) is 11.0 Å². The van der Waals surface area contributed by atoms with Crippen LogP contribution >= 0.6 is 15.9 Å². The Morgan fingerprint density at radius 1 is 1.42 bits per heavy atom. The second-order valence-corrected chi connectivity index (χ2v) is 5.04. The SMILES string of the molecule is Cc1cccc(C(=O)OCc2cncc(Br)c2)c1N. The lowest BCUT2D eigenvalue weighted by Crippen LogP contribution is -2.09. The van der Waals surface area contributed by atoms with Gasteiger partial charge < -0.3 is 10.5 Å². The monoisotopic (exact) mass is 320 g/mol. The second-order valence-electron chi connectivity index (χ2n) is 4.12. The molecule has 0 saturated heterocycles. The van der Waals surface area contributed by atoms with Gasteiger partial charge in [0.25, 0.3) is 0 Å². The number of anilines is 1. The third-order valence-electron chi connectivity index (χ3n) is 2.68. The van der Waals surface area contributed by atoms with Crippen LogP contribution in [0, 0.1) is 6.92 Å². The van der Waals surface area contributed by atoms with Crippen LogP contribution in [0.3, 0.4) is 0 Å². The number of nitrogens with zero attached hydrogens (tertiary/aromatic N) is 1. The lowest BCUT2D eigenvalue weighted by atomic mass is 10.1. The molecule has 0 amide bonds. The highest BCUT2D eigenvalue weighted by atomic mass is 79.9. The Bertz CT molecular complexity index is 614. The largest absolute Gasteiger partial charge is 0.457 e. The number of rotatable bonds is 3. The van der Waals surface area contributed by atoms with Gasteiger partial charge in [-0.3, -0.25) is 4.98 Å². The minimum Gasteiger partial charge on any atom is -0.457 e. The van der Waals surface area contributed by atoms with Crippen LogP contribution < -0.4 is 5.73 Å². The zero-order valence-electron chi connectivity index (χ0n) is 10.4. The Balaban J connectivity index is 2.08. The Morgan fingerprint density at radius 3 is 2.95 bits per heavy atom. The van der Waals surface area contributed by atoms with Gasteiger partial charge in [0, 0.05) is 28.1 Å². The summed E-state index contributed by atoms with van der Waals surface area (Å²) < 4.78 is 6.07. The number of benzene rings is 1. The number of pyridine rings is 1. The van der Waals surface area contributed by atoms with Crippen molar-refractivity contribution in [3.63, 3.8) is 0 Å². The molecule has 2 N–H and O–H groups in total. The molecule has 0 unspecified atom stereocenters. The predicted molar refractivity (Wildman–Crippen MR) is 76.6 cm³/mol. The van der Waals surface area contributed by atoms with Crippen molar-refractivity contribution in [2.75, 3.05) is 5.73 Å². The van der Waals surface area contributed by atoms with E-state index < -0.39 is 5.97 Å². The molecule has 0 saturated carbocycles. The number of nitrogen functional groups attached to an aromatic ring is 1. The topological polar surface area (TPSA) is 65.2 Å². The standard InChI is InChI=1S/C14H13BrN2O2/c1-9-3-2-4-12(13(9)16)14(18)19-8-10-5-11(15)7-17-6-10/h2-7H,8,16H2,1H3. The first kappa shape index (κ1) is 13.5. The summed E-state index contributed by atoms with van der Waals surface area (Å²) in [4.78, 5) is 15.9. The fraction of sp³-hybridized carbons (Fsp3) is 0.143. The average Bonchev–Trinajstić information content (AvgIpc) is 2.39. The Hall–Kier alpha value is -1.88. The minimum absolute atomic E-state index is 0.165. The lowest BCUT2D eigenvalue weighted by Gasteiger charge is -2.08. The van der Waals surface area contributed by atoms with E-state index in [9.17, 15) is 4.79 Å². The number of aromatic nitrogens is 1. The molecule has 1 aromatic heterocycles. The van der Waals surface area contributed by atoms with E-state index in [1.807, 2.05) is 19.1 Å². The van der Waals surface area contributed by atoms with Crippen LogP contribution in [0.1, 0.15) is 21.5 Å². The van der Waals surface area contributed by atoms with Gasteiger partial charge in [-0.25, -0.2) is 4.79 Å². The van der Waals surface area contributed by atoms with Crippen molar-refractivity contribution in [3.8, 4) is 0 Å². The number of hydrogen-bond acceptors (Lipinski definition) is 4. The molecule has 1 heterocycles. The number of carbonyl (C=O) groups excluding carboxylic acids is 1. The van der Waals surface area contributed by atoms with Crippen molar-refractivity contribution in [3.05, 3.63) is 57.8 Å². The van der Waals surface area contributed by atoms with Gasteiger partial charge in [-0.1, -0.05) is 12.1 Å². The number of hydrogen-bond donors (Lipinski definition) is 1. The van der Waals surface area contributed by atoms with Crippen molar-refractivity contribution in [2.24, 2.45) is 0 Å². The molecule has 0 atom stereocenters. The van der Waals surface area contributed by atoms with Crippen LogP contribution in [0.25, 0.3) is 0 Å². The van der Waals surface area contributed by atoms with Gasteiger partial charge >= 0.3 is 5.97 Å². The fourth-order valence-electron chi connectivity index (χ4n) is 1.62. The van der Waals surface area contributed by atoms with Gasteiger partial charge in [0.2, 0.25) is 0 Å². The number of ether oxygens (including phenoxy) is 1. The van der Waals surface area contributed by atoms with E-state index >= 15 is 0 Å². The number of halogens is 1. The molecule has 19 heavy (non-hydrogen) atoms. The number of carbonyl (C=O) groups is 1. The number of aryl methyl sites for hydroxylation is 1. The molecule has 0 radical (unpaired) electrons. The van der Waals surface area contributed by atoms with Crippen LogP contribution in [0.5, 0.6) is 0 Å². The molecule has 4 nitrogen and oxygen atoms in total. The highest BCUT2D eigenvalue weighted by Gasteiger charge is 2.12. The lowest BCUT2D eigenvalue weighted by molar-refractivity contribution is 0.0473. The Labute approximate surface area is 119 Å². The highest BCUT2D eigenvalue weighted by Crippen LogP contribution is 2.18. The summed E-state index contributed by atoms with van der Waals surface area (Å²) in [6.45, 7) is 2.02. The van der Waals surface area contributed by atoms with E-state index in [1.165, 1.54) is 0 Å². The van der Waals surface area contributed by atoms with Gasteiger partial charge in [-0.15, -0.1) is 0 Å². The zero-order valence-corrected chi connectivity index (χ0v) is 12.0. The van der Waals surface area contributed by atoms with Crippen molar-refractivity contribution in [1.82, 2.24) is 4.98 Å². The summed E-state index contributed by atoms with van der Waals surface area (Å²) in [5.41, 5.74) is 8.38. The number of nitrogens with two attached hydrogens (primary N) is 1. The first-order valence-electron chi connectivity index (χ1n) is 5.69. The Kier molecular flexibility index (Phi) is 4.16. The fourth-order valence-corrected chi connectivity index (χ4v) is 2.03. The van der Waals surface area contributed by atoms with E-state index in [0.717, 1.165) is 15.6 Å². The van der Waals surface area contributed by atoms with E-state index in [1.54, 1.807) is 24.5 Å². The molecule has 0 fully saturated rings. The zero-order chi connectivity index (χ0) is 13.8. The van der Waals surface area contributed by atoms with E-state index in [0.29, 0.717) is 11.3 Å². The predicted octanol–water partition coefficient (Wildman–Crippen LogP) is 3.09. The number of esters is 1. The van der Waals surface area contributed by atoms with Crippen LogP contribution in [-0.2, 0) is 11.3 Å². The average molecular weight is 321 g/mol. The maximum absolute atomic E-state index is 11.9. The molecular formula is C14H13BrN2O2. The van der Waals surface area contributed by atoms with Crippen molar-refractivity contribution in [2.45, 2.75) is 13.5 Å². The summed E-state index contributed by atoms with van der Waals surface area (Å²) >= 11 is 3.31. The molecule has 2 aromatic rings. The van der Waals surface area contributed by atoms with Crippen LogP contribution in [0.4, 0.5) is 5.69 Å². The summed E-state index contributed by atoms with van der Waals surface area (Å²) in [5.74, 6) is -0.429. The molecule has 1 aromatic carbocycles. The van der Waals surface area contributed by atoms with Gasteiger partial charge in [0.15, 0.2) is 0 Å². The molecule has 0 bridgehead atoms. The summed E-state index contributed by atoms with van der Waals surface area (Å²) in [7, 11) is 0. The molecule has 5 heteroatoms. The third kappa shape index (κ3) is 3.32. The van der Waals surface area contributed by atoms with E-state index in [-0.39, 0.29) is 6.61 Å². The molecule has 0 aliphatic carbocycles. The second kappa shape index (κ2) is 5.84. The molecule has 0 aliphatic heterocycles. The van der Waals surface area contributed by atoms with Crippen molar-refractivity contribution < 1.29 is 9.53 Å². The van der Waals surface area contributed by atoms with Crippen LogP contribution in [0.15, 0.2) is 41.1 Å². The molecule has 0 spiro atoms. The first-order valence-corrected chi connectivity index (χ1v) is 6.49. The van der Waals surface area contributed by atoms with E-state index in [2.05, 4.69) is 20.9 Å². The van der Waals surface area contributed by atoms with Crippen LogP contribution in [0.2, 0.25) is 0 Å². The number of para-hydroxylation sites is 1. The van der Waals surface area contributed by atoms with Gasteiger partial charge in [0.1, 0.15) is 6.61 Å². The van der Waals surface area contributed by atoms with Gasteiger partial charge in [0.05, 0.1) is 5.56 Å². The summed E-state index contributed by atoms with van der Waals surface area (Å²) in [6, 6.07) is 7.14. The van der Waals surface area contributed by atoms with Crippen molar-refractivity contribution in [1.29, 1.82) is 0 Å². The van der Waals surface area contributed by atoms with E-state index in [4.69, 9.17) is 10.5 Å². The minimum atomic E-state index is -0.429. The maximum atomic E-state index is 11.9. The van der Waals surface area contributed by atoms with Gasteiger partial charge in [-0.05, 0) is 40.5 Å². The molecule has 2 rings (SSSR count). The first-order chi connectivity index (χ1) is 9.08. The molecule has 0 aliphatic rings. The summed E-state index contributed by atoms with van der Waals surface area (Å²) in [6.07, 6.45) is 3.32. The third-order valence-corrected chi connectivity index (χ3v) is 3.11. The quantitative estimate of drug-likeness (QED) is 0.697. The normalized spacial score (nSPS) is 10.2. The molecular weight excluding hydrogens is 308 g/mol. The summed E-state index contributed by atoms with van der Waals surface area (Å²) in [5, 5.41) is 0. The smallest absolute Gasteiger partial charge is 0.340 e. The highest BCUT2D eigenvalue weighted by molar-refractivity contribution is 9.10. The maximum Gasteiger partial charge on any atom is 0.340 e. The van der Waals surface area contributed by atoms with Crippen molar-refractivity contribution >= 4 is 27.6 Å².